The molecule has 2 heterocycles. The maximum absolute atomic E-state index is 12.5. The first-order chi connectivity index (χ1) is 9.22. The van der Waals surface area contributed by atoms with E-state index in [1.54, 1.807) is 11.3 Å². The second-order valence-electron chi connectivity index (χ2n) is 4.75. The highest BCUT2D eigenvalue weighted by molar-refractivity contribution is 7.09. The summed E-state index contributed by atoms with van der Waals surface area (Å²) >= 11 is 1.74. The molecule has 1 amide bonds. The summed E-state index contributed by atoms with van der Waals surface area (Å²) in [5.74, 6) is 0.159. The molecule has 2 rings (SSSR count). The molecule has 0 saturated carbocycles. The molecule has 1 fully saturated rings. The van der Waals surface area contributed by atoms with Crippen molar-refractivity contribution in [3.8, 4) is 0 Å². The van der Waals surface area contributed by atoms with E-state index >= 15 is 0 Å². The minimum atomic E-state index is -0.197. The van der Waals surface area contributed by atoms with Gasteiger partial charge in [-0.1, -0.05) is 6.07 Å². The predicted octanol–water partition coefficient (Wildman–Crippen LogP) is 1.94. The SMILES string of the molecule is CCN(CCc1cccs1)C(=O)[C@H]1NCCO[C@@H]1C.Cl. The van der Waals surface area contributed by atoms with Crippen molar-refractivity contribution in [1.82, 2.24) is 10.2 Å². The van der Waals surface area contributed by atoms with Gasteiger partial charge in [0, 0.05) is 24.5 Å². The summed E-state index contributed by atoms with van der Waals surface area (Å²) in [5.41, 5.74) is 0. The largest absolute Gasteiger partial charge is 0.375 e. The van der Waals surface area contributed by atoms with Crippen molar-refractivity contribution >= 4 is 29.7 Å². The molecule has 1 aromatic heterocycles. The van der Waals surface area contributed by atoms with Crippen molar-refractivity contribution in [2.24, 2.45) is 0 Å². The van der Waals surface area contributed by atoms with Crippen molar-refractivity contribution in [2.45, 2.75) is 32.4 Å². The molecule has 1 aromatic rings. The maximum atomic E-state index is 12.5. The first-order valence-electron chi connectivity index (χ1n) is 6.88. The monoisotopic (exact) mass is 318 g/mol. The van der Waals surface area contributed by atoms with Gasteiger partial charge >= 0.3 is 0 Å². The van der Waals surface area contributed by atoms with E-state index in [9.17, 15) is 4.79 Å². The highest BCUT2D eigenvalue weighted by Crippen LogP contribution is 2.12. The molecule has 0 bridgehead atoms. The van der Waals surface area contributed by atoms with E-state index in [1.807, 2.05) is 18.7 Å². The van der Waals surface area contributed by atoms with Crippen LogP contribution in [-0.2, 0) is 16.0 Å². The second-order valence-corrected chi connectivity index (χ2v) is 5.79. The lowest BCUT2D eigenvalue weighted by molar-refractivity contribution is -0.139. The molecule has 1 saturated heterocycles. The molecule has 0 spiro atoms. The van der Waals surface area contributed by atoms with Crippen LogP contribution in [0.5, 0.6) is 0 Å². The molecule has 0 unspecified atom stereocenters. The summed E-state index contributed by atoms with van der Waals surface area (Å²) < 4.78 is 5.55. The van der Waals surface area contributed by atoms with E-state index in [0.29, 0.717) is 6.61 Å². The fourth-order valence-electron chi connectivity index (χ4n) is 2.33. The van der Waals surface area contributed by atoms with E-state index < -0.39 is 0 Å². The lowest BCUT2D eigenvalue weighted by Crippen LogP contribution is -2.56. The van der Waals surface area contributed by atoms with Gasteiger partial charge in [0.15, 0.2) is 0 Å². The van der Waals surface area contributed by atoms with Gasteiger partial charge < -0.3 is 15.0 Å². The van der Waals surface area contributed by atoms with Crippen molar-refractivity contribution < 1.29 is 9.53 Å². The van der Waals surface area contributed by atoms with Crippen LogP contribution in [-0.4, -0.2) is 49.2 Å². The van der Waals surface area contributed by atoms with Gasteiger partial charge in [0.1, 0.15) is 6.04 Å². The number of thiophene rings is 1. The Bertz CT molecular complexity index is 400. The van der Waals surface area contributed by atoms with E-state index in [1.165, 1.54) is 4.88 Å². The standard InChI is InChI=1S/C14H22N2O2S.ClH/c1-3-16(8-6-12-5-4-10-19-12)14(17)13-11(2)18-9-7-15-13;/h4-5,10-11,13,15H,3,6-9H2,1-2H3;1H/t11-,13+;/m1./s1. The summed E-state index contributed by atoms with van der Waals surface area (Å²) in [6, 6.07) is 3.97. The number of nitrogens with one attached hydrogen (secondary N) is 1. The molecule has 4 nitrogen and oxygen atoms in total. The lowest BCUT2D eigenvalue weighted by atomic mass is 10.1. The smallest absolute Gasteiger partial charge is 0.242 e. The van der Waals surface area contributed by atoms with Crippen molar-refractivity contribution in [3.63, 3.8) is 0 Å². The number of amides is 1. The molecule has 1 aliphatic heterocycles. The molecule has 6 heteroatoms. The number of ether oxygens (including phenoxy) is 1. The Morgan fingerprint density at radius 1 is 1.60 bits per heavy atom. The zero-order chi connectivity index (χ0) is 13.7. The van der Waals surface area contributed by atoms with Gasteiger partial charge in [-0.15, -0.1) is 23.7 Å². The fraction of sp³-hybridized carbons (Fsp3) is 0.643. The van der Waals surface area contributed by atoms with Crippen LogP contribution in [0, 0.1) is 0 Å². The van der Waals surface area contributed by atoms with Gasteiger partial charge in [-0.05, 0) is 31.7 Å². The summed E-state index contributed by atoms with van der Waals surface area (Å²) in [4.78, 5) is 15.7. The van der Waals surface area contributed by atoms with Crippen molar-refractivity contribution in [1.29, 1.82) is 0 Å². The predicted molar refractivity (Wildman–Crippen MR) is 84.7 cm³/mol. The normalized spacial score (nSPS) is 22.1. The quantitative estimate of drug-likeness (QED) is 0.902. The van der Waals surface area contributed by atoms with Crippen LogP contribution in [0.3, 0.4) is 0 Å². The second kappa shape index (κ2) is 8.62. The minimum Gasteiger partial charge on any atom is -0.375 e. The van der Waals surface area contributed by atoms with Gasteiger partial charge in [0.2, 0.25) is 5.91 Å². The molecule has 1 N–H and O–H groups in total. The molecule has 2 atom stereocenters. The highest BCUT2D eigenvalue weighted by Gasteiger charge is 2.31. The number of hydrogen-bond acceptors (Lipinski definition) is 4. The third kappa shape index (κ3) is 4.45. The molecule has 1 aliphatic rings. The van der Waals surface area contributed by atoms with E-state index in [4.69, 9.17) is 4.74 Å². The average molecular weight is 319 g/mol. The van der Waals surface area contributed by atoms with Crippen LogP contribution in [0.4, 0.5) is 0 Å². The molecule has 0 aromatic carbocycles. The molecule has 20 heavy (non-hydrogen) atoms. The number of nitrogens with zero attached hydrogens (tertiary/aromatic N) is 1. The van der Waals surface area contributed by atoms with Crippen LogP contribution in [0.25, 0.3) is 0 Å². The number of morpholine rings is 1. The van der Waals surface area contributed by atoms with Gasteiger partial charge in [0.25, 0.3) is 0 Å². The zero-order valence-electron chi connectivity index (χ0n) is 12.0. The first-order valence-corrected chi connectivity index (χ1v) is 7.76. The van der Waals surface area contributed by atoms with Gasteiger partial charge in [0.05, 0.1) is 12.7 Å². The third-order valence-electron chi connectivity index (χ3n) is 3.48. The molecule has 0 radical (unpaired) electrons. The topological polar surface area (TPSA) is 41.6 Å². The number of likely N-dealkylation sites (N-methyl/N-ethyl adjacent to an activating group) is 1. The number of rotatable bonds is 5. The van der Waals surface area contributed by atoms with Crippen LogP contribution >= 0.6 is 23.7 Å². The van der Waals surface area contributed by atoms with Crippen LogP contribution in [0.15, 0.2) is 17.5 Å². The zero-order valence-corrected chi connectivity index (χ0v) is 13.6. The Kier molecular flexibility index (Phi) is 7.51. The minimum absolute atomic E-state index is 0. The van der Waals surface area contributed by atoms with Gasteiger partial charge in [-0.3, -0.25) is 4.79 Å². The highest BCUT2D eigenvalue weighted by atomic mass is 35.5. The van der Waals surface area contributed by atoms with Crippen molar-refractivity contribution in [3.05, 3.63) is 22.4 Å². The molecule has 114 valence electrons. The first kappa shape index (κ1) is 17.4. The molecule has 0 aliphatic carbocycles. The van der Waals surface area contributed by atoms with Crippen LogP contribution in [0.1, 0.15) is 18.7 Å². The summed E-state index contributed by atoms with van der Waals surface area (Å²) in [5, 5.41) is 5.34. The number of carbonyl (C=O) groups excluding carboxylic acids is 1. The number of hydrogen-bond donors (Lipinski definition) is 1. The van der Waals surface area contributed by atoms with Gasteiger partial charge in [-0.25, -0.2) is 0 Å². The maximum Gasteiger partial charge on any atom is 0.242 e. The summed E-state index contributed by atoms with van der Waals surface area (Å²) in [6.45, 7) is 6.95. The summed E-state index contributed by atoms with van der Waals surface area (Å²) in [7, 11) is 0. The van der Waals surface area contributed by atoms with Crippen LogP contribution in [0.2, 0.25) is 0 Å². The van der Waals surface area contributed by atoms with Crippen LogP contribution < -0.4 is 5.32 Å². The molecular weight excluding hydrogens is 296 g/mol. The Balaban J connectivity index is 0.00000200. The fourth-order valence-corrected chi connectivity index (χ4v) is 3.03. The van der Waals surface area contributed by atoms with E-state index in [2.05, 4.69) is 22.8 Å². The Labute approximate surface area is 130 Å². The van der Waals surface area contributed by atoms with E-state index in [0.717, 1.165) is 26.1 Å². The Hall–Kier alpha value is -0.620. The molecular formula is C14H23ClN2O2S. The Morgan fingerprint density at radius 2 is 2.40 bits per heavy atom. The third-order valence-corrected chi connectivity index (χ3v) is 4.42. The number of halogens is 1. The lowest BCUT2D eigenvalue weighted by Gasteiger charge is -2.33. The average Bonchev–Trinajstić information content (AvgIpc) is 2.93. The van der Waals surface area contributed by atoms with E-state index in [-0.39, 0.29) is 30.5 Å². The summed E-state index contributed by atoms with van der Waals surface area (Å²) in [6.07, 6.45) is 0.885. The number of carbonyl (C=O) groups is 1. The van der Waals surface area contributed by atoms with Crippen molar-refractivity contribution in [2.75, 3.05) is 26.2 Å². The van der Waals surface area contributed by atoms with Gasteiger partial charge in [-0.2, -0.15) is 0 Å². The Morgan fingerprint density at radius 3 is 3.00 bits per heavy atom.